The first kappa shape index (κ1) is 7.01. The molecule has 0 radical (unpaired) electrons. The molecular formula is C9H16N2. The fraction of sp³-hybridized carbons (Fsp3) is 0.778. The summed E-state index contributed by atoms with van der Waals surface area (Å²) >= 11 is 0. The number of hydrogen-bond donors (Lipinski definition) is 2. The lowest BCUT2D eigenvalue weighted by Crippen LogP contribution is -2.35. The molecule has 0 aromatic rings. The number of allylic oxidation sites excluding steroid dienone is 2. The average Bonchev–Trinajstić information content (AvgIpc) is 2.30. The van der Waals surface area contributed by atoms with Gasteiger partial charge in [0.2, 0.25) is 0 Å². The van der Waals surface area contributed by atoms with Crippen molar-refractivity contribution in [1.29, 1.82) is 0 Å². The van der Waals surface area contributed by atoms with Crippen molar-refractivity contribution in [3.8, 4) is 0 Å². The lowest BCUT2D eigenvalue weighted by molar-refractivity contribution is 0.552. The van der Waals surface area contributed by atoms with E-state index >= 15 is 0 Å². The molecule has 62 valence electrons. The third kappa shape index (κ3) is 1.01. The van der Waals surface area contributed by atoms with Gasteiger partial charge in [0.1, 0.15) is 0 Å². The monoisotopic (exact) mass is 152 g/mol. The van der Waals surface area contributed by atoms with Crippen molar-refractivity contribution in [3.05, 3.63) is 11.4 Å². The van der Waals surface area contributed by atoms with Gasteiger partial charge in [-0.2, -0.15) is 0 Å². The SMILES string of the molecule is CC1CC(C)C2=C1NCCN2. The first-order valence-electron chi connectivity index (χ1n) is 4.51. The third-order valence-corrected chi connectivity index (χ3v) is 2.74. The minimum atomic E-state index is 0.743. The topological polar surface area (TPSA) is 24.1 Å². The van der Waals surface area contributed by atoms with E-state index in [9.17, 15) is 0 Å². The van der Waals surface area contributed by atoms with Crippen molar-refractivity contribution in [3.63, 3.8) is 0 Å². The van der Waals surface area contributed by atoms with E-state index in [-0.39, 0.29) is 0 Å². The van der Waals surface area contributed by atoms with Gasteiger partial charge in [0.15, 0.2) is 0 Å². The summed E-state index contributed by atoms with van der Waals surface area (Å²) in [4.78, 5) is 0. The van der Waals surface area contributed by atoms with Crippen LogP contribution in [0, 0.1) is 11.8 Å². The van der Waals surface area contributed by atoms with Gasteiger partial charge >= 0.3 is 0 Å². The van der Waals surface area contributed by atoms with Gasteiger partial charge in [0, 0.05) is 24.5 Å². The summed E-state index contributed by atoms with van der Waals surface area (Å²) in [6.07, 6.45) is 1.31. The zero-order valence-electron chi connectivity index (χ0n) is 7.28. The molecule has 1 aliphatic carbocycles. The highest BCUT2D eigenvalue weighted by molar-refractivity contribution is 5.23. The van der Waals surface area contributed by atoms with E-state index in [2.05, 4.69) is 24.5 Å². The molecule has 0 fully saturated rings. The van der Waals surface area contributed by atoms with Crippen LogP contribution in [0.25, 0.3) is 0 Å². The number of rotatable bonds is 0. The molecule has 1 aliphatic heterocycles. The van der Waals surface area contributed by atoms with Crippen LogP contribution in [0.15, 0.2) is 11.4 Å². The molecule has 1 heterocycles. The Hall–Kier alpha value is -0.660. The van der Waals surface area contributed by atoms with Crippen LogP contribution in [0.5, 0.6) is 0 Å². The Kier molecular flexibility index (Phi) is 1.55. The van der Waals surface area contributed by atoms with E-state index in [1.165, 1.54) is 17.8 Å². The minimum Gasteiger partial charge on any atom is -0.385 e. The molecule has 2 rings (SSSR count). The molecule has 0 aromatic carbocycles. The Morgan fingerprint density at radius 3 is 1.91 bits per heavy atom. The Labute approximate surface area is 68.1 Å². The normalized spacial score (nSPS) is 36.2. The zero-order chi connectivity index (χ0) is 7.84. The molecule has 0 bridgehead atoms. The molecule has 2 N–H and O–H groups in total. The number of nitrogens with one attached hydrogen (secondary N) is 2. The molecule has 2 unspecified atom stereocenters. The van der Waals surface area contributed by atoms with Gasteiger partial charge in [0.25, 0.3) is 0 Å². The van der Waals surface area contributed by atoms with Crippen molar-refractivity contribution in [1.82, 2.24) is 10.6 Å². The maximum atomic E-state index is 3.48. The van der Waals surface area contributed by atoms with Crippen LogP contribution >= 0.6 is 0 Å². The van der Waals surface area contributed by atoms with Crippen molar-refractivity contribution in [2.75, 3.05) is 13.1 Å². The second-order valence-electron chi connectivity index (χ2n) is 3.72. The molecule has 0 spiro atoms. The van der Waals surface area contributed by atoms with Gasteiger partial charge in [-0.1, -0.05) is 13.8 Å². The molecule has 0 saturated carbocycles. The highest BCUT2D eigenvalue weighted by Gasteiger charge is 2.29. The molecule has 2 nitrogen and oxygen atoms in total. The van der Waals surface area contributed by atoms with Crippen molar-refractivity contribution in [2.45, 2.75) is 20.3 Å². The summed E-state index contributed by atoms with van der Waals surface area (Å²) < 4.78 is 0. The highest BCUT2D eigenvalue weighted by Crippen LogP contribution is 2.33. The zero-order valence-corrected chi connectivity index (χ0v) is 7.28. The highest BCUT2D eigenvalue weighted by atomic mass is 15.0. The summed E-state index contributed by atoms with van der Waals surface area (Å²) in [7, 11) is 0. The minimum absolute atomic E-state index is 0.743. The largest absolute Gasteiger partial charge is 0.385 e. The van der Waals surface area contributed by atoms with E-state index in [1.807, 2.05) is 0 Å². The predicted molar refractivity (Wildman–Crippen MR) is 46.0 cm³/mol. The molecule has 2 aliphatic rings. The van der Waals surface area contributed by atoms with Crippen LogP contribution in [0.4, 0.5) is 0 Å². The fourth-order valence-corrected chi connectivity index (χ4v) is 2.23. The van der Waals surface area contributed by atoms with E-state index in [0.717, 1.165) is 24.9 Å². The van der Waals surface area contributed by atoms with Gasteiger partial charge in [-0.3, -0.25) is 0 Å². The fourth-order valence-electron chi connectivity index (χ4n) is 2.23. The van der Waals surface area contributed by atoms with Gasteiger partial charge < -0.3 is 10.6 Å². The molecule has 0 saturated heterocycles. The smallest absolute Gasteiger partial charge is 0.0332 e. The van der Waals surface area contributed by atoms with Gasteiger partial charge in [-0.25, -0.2) is 0 Å². The predicted octanol–water partition coefficient (Wildman–Crippen LogP) is 1.07. The van der Waals surface area contributed by atoms with Gasteiger partial charge in [-0.15, -0.1) is 0 Å². The summed E-state index contributed by atoms with van der Waals surface area (Å²) in [5.41, 5.74) is 2.95. The lowest BCUT2D eigenvalue weighted by Gasteiger charge is -2.21. The summed E-state index contributed by atoms with van der Waals surface area (Å²) in [6.45, 7) is 6.80. The van der Waals surface area contributed by atoms with Gasteiger partial charge in [-0.05, 0) is 18.3 Å². The van der Waals surface area contributed by atoms with Gasteiger partial charge in [0.05, 0.1) is 0 Å². The lowest BCUT2D eigenvalue weighted by atomic mass is 10.1. The summed E-state index contributed by atoms with van der Waals surface area (Å²) in [6, 6.07) is 0. The Morgan fingerprint density at radius 2 is 1.45 bits per heavy atom. The van der Waals surface area contributed by atoms with Crippen LogP contribution in [-0.4, -0.2) is 13.1 Å². The quantitative estimate of drug-likeness (QED) is 0.542. The molecule has 2 atom stereocenters. The van der Waals surface area contributed by atoms with Crippen LogP contribution in [0.2, 0.25) is 0 Å². The maximum absolute atomic E-state index is 3.48. The number of hydrogen-bond acceptors (Lipinski definition) is 2. The average molecular weight is 152 g/mol. The Balaban J connectivity index is 2.25. The Morgan fingerprint density at radius 1 is 1.00 bits per heavy atom. The molecule has 2 heteroatoms. The van der Waals surface area contributed by atoms with Crippen LogP contribution in [-0.2, 0) is 0 Å². The maximum Gasteiger partial charge on any atom is 0.0332 e. The van der Waals surface area contributed by atoms with Crippen molar-refractivity contribution >= 4 is 0 Å². The van der Waals surface area contributed by atoms with Crippen LogP contribution < -0.4 is 10.6 Å². The van der Waals surface area contributed by atoms with E-state index in [1.54, 1.807) is 0 Å². The summed E-state index contributed by atoms with van der Waals surface area (Å²) in [5.74, 6) is 1.49. The molecule has 11 heavy (non-hydrogen) atoms. The van der Waals surface area contributed by atoms with Crippen molar-refractivity contribution < 1.29 is 0 Å². The summed E-state index contributed by atoms with van der Waals surface area (Å²) in [5, 5.41) is 6.96. The molecule has 0 aromatic heterocycles. The van der Waals surface area contributed by atoms with E-state index in [0.29, 0.717) is 0 Å². The molecule has 0 amide bonds. The first-order valence-corrected chi connectivity index (χ1v) is 4.51. The van der Waals surface area contributed by atoms with Crippen LogP contribution in [0.1, 0.15) is 20.3 Å². The van der Waals surface area contributed by atoms with Crippen molar-refractivity contribution in [2.24, 2.45) is 11.8 Å². The second kappa shape index (κ2) is 2.43. The van der Waals surface area contributed by atoms with E-state index in [4.69, 9.17) is 0 Å². The Bertz CT molecular complexity index is 176. The van der Waals surface area contributed by atoms with Crippen LogP contribution in [0.3, 0.4) is 0 Å². The first-order chi connectivity index (χ1) is 5.29. The third-order valence-electron chi connectivity index (χ3n) is 2.74. The molecular weight excluding hydrogens is 136 g/mol. The second-order valence-corrected chi connectivity index (χ2v) is 3.72. The van der Waals surface area contributed by atoms with E-state index < -0.39 is 0 Å². The standard InChI is InChI=1S/C9H16N2/c1-6-5-7(2)9-8(6)10-3-4-11-9/h6-7,10-11H,3-5H2,1-2H3.